The van der Waals surface area contributed by atoms with Crippen molar-refractivity contribution in [3.05, 3.63) is 71.3 Å². The second kappa shape index (κ2) is 7.11. The van der Waals surface area contributed by atoms with Gasteiger partial charge in [0.15, 0.2) is 0 Å². The maximum Gasteiger partial charge on any atom is 0.131 e. The highest BCUT2D eigenvalue weighted by atomic mass is 19.1. The van der Waals surface area contributed by atoms with Crippen LogP contribution in [0.2, 0.25) is 0 Å². The summed E-state index contributed by atoms with van der Waals surface area (Å²) >= 11 is 0. The Kier molecular flexibility index (Phi) is 4.92. The van der Waals surface area contributed by atoms with E-state index in [9.17, 15) is 19.0 Å². The molecule has 3 nitrogen and oxygen atoms in total. The Morgan fingerprint density at radius 3 is 2.29 bits per heavy atom. The molecule has 2 aromatic carbocycles. The van der Waals surface area contributed by atoms with Crippen molar-refractivity contribution in [2.24, 2.45) is 0 Å². The van der Waals surface area contributed by atoms with Crippen molar-refractivity contribution in [2.45, 2.75) is 12.5 Å². The maximum atomic E-state index is 13.7. The van der Waals surface area contributed by atoms with E-state index in [2.05, 4.69) is 0 Å². The summed E-state index contributed by atoms with van der Waals surface area (Å²) in [6.45, 7) is 1.47. The van der Waals surface area contributed by atoms with E-state index >= 15 is 0 Å². The summed E-state index contributed by atoms with van der Waals surface area (Å²) in [5.74, 6) is -1.22. The van der Waals surface area contributed by atoms with E-state index in [0.29, 0.717) is 13.1 Å². The van der Waals surface area contributed by atoms with Gasteiger partial charge >= 0.3 is 0 Å². The number of rotatable bonds is 4. The number of aliphatic hydroxyl groups is 1. The lowest BCUT2D eigenvalue weighted by Crippen LogP contribution is -2.33. The highest BCUT2D eigenvalue weighted by Gasteiger charge is 2.22. The van der Waals surface area contributed by atoms with E-state index in [1.807, 2.05) is 23.1 Å². The number of phenols is 1. The quantitative estimate of drug-likeness (QED) is 0.901. The van der Waals surface area contributed by atoms with Crippen LogP contribution in [0.5, 0.6) is 5.75 Å². The molecule has 1 atom stereocenters. The van der Waals surface area contributed by atoms with Crippen LogP contribution in [0, 0.1) is 11.6 Å². The predicted molar refractivity (Wildman–Crippen MR) is 88.5 cm³/mol. The van der Waals surface area contributed by atoms with Crippen LogP contribution in [0.15, 0.2) is 48.5 Å². The van der Waals surface area contributed by atoms with Gasteiger partial charge in [-0.15, -0.1) is 0 Å². The van der Waals surface area contributed by atoms with Crippen molar-refractivity contribution in [3.63, 3.8) is 0 Å². The van der Waals surface area contributed by atoms with Gasteiger partial charge in [0.25, 0.3) is 0 Å². The molecule has 2 N–H and O–H groups in total. The zero-order chi connectivity index (χ0) is 17.1. The minimum atomic E-state index is -1.20. The summed E-state index contributed by atoms with van der Waals surface area (Å²) in [6.07, 6.45) is 1.62. The van der Waals surface area contributed by atoms with E-state index in [0.717, 1.165) is 29.7 Å². The monoisotopic (exact) mass is 331 g/mol. The summed E-state index contributed by atoms with van der Waals surface area (Å²) in [5.41, 5.74) is 1.94. The number of β-amino-alcohol motifs (C(OH)–C–C–N with tert-alkyl or cyclic N) is 1. The zero-order valence-corrected chi connectivity index (χ0v) is 13.1. The molecule has 0 amide bonds. The normalized spacial score (nSPS) is 16.7. The first-order chi connectivity index (χ1) is 11.5. The molecule has 2 aromatic rings. The third-order valence-corrected chi connectivity index (χ3v) is 4.30. The van der Waals surface area contributed by atoms with E-state index in [4.69, 9.17) is 0 Å². The van der Waals surface area contributed by atoms with Crippen LogP contribution in [0.4, 0.5) is 8.78 Å². The minimum absolute atomic E-state index is 0.178. The molecule has 1 heterocycles. The number of benzene rings is 2. The molecule has 1 aliphatic rings. The van der Waals surface area contributed by atoms with Crippen molar-refractivity contribution in [2.75, 3.05) is 19.6 Å². The number of hydrogen-bond donors (Lipinski definition) is 2. The SMILES string of the molecule is Oc1ccc(C2=CCN(CC(O)c3c(F)cccc3F)CC2)cc1. The molecule has 24 heavy (non-hydrogen) atoms. The van der Waals surface area contributed by atoms with Crippen LogP contribution in [-0.4, -0.2) is 34.7 Å². The van der Waals surface area contributed by atoms with Crippen LogP contribution in [0.3, 0.4) is 0 Å². The number of aromatic hydroxyl groups is 1. The molecule has 0 fully saturated rings. The van der Waals surface area contributed by atoms with Gasteiger partial charge < -0.3 is 10.2 Å². The molecular weight excluding hydrogens is 312 g/mol. The Hall–Kier alpha value is -2.24. The van der Waals surface area contributed by atoms with Gasteiger partial charge in [-0.3, -0.25) is 4.90 Å². The molecule has 0 saturated heterocycles. The molecule has 3 rings (SSSR count). The molecule has 0 radical (unpaired) electrons. The van der Waals surface area contributed by atoms with Gasteiger partial charge in [0.1, 0.15) is 17.4 Å². The summed E-state index contributed by atoms with van der Waals surface area (Å²) < 4.78 is 27.4. The summed E-state index contributed by atoms with van der Waals surface area (Å²) in [7, 11) is 0. The van der Waals surface area contributed by atoms with Crippen molar-refractivity contribution < 1.29 is 19.0 Å². The average Bonchev–Trinajstić information content (AvgIpc) is 2.56. The molecule has 0 saturated carbocycles. The Labute approximate surface area is 139 Å². The number of hydrogen-bond acceptors (Lipinski definition) is 3. The Bertz CT molecular complexity index is 723. The van der Waals surface area contributed by atoms with E-state index in [-0.39, 0.29) is 17.9 Å². The number of halogens is 2. The van der Waals surface area contributed by atoms with Crippen LogP contribution in [0.25, 0.3) is 5.57 Å². The molecule has 1 aliphatic heterocycles. The summed E-state index contributed by atoms with van der Waals surface area (Å²) in [5, 5.41) is 19.5. The molecule has 0 aromatic heterocycles. The van der Waals surface area contributed by atoms with Gasteiger partial charge in [-0.2, -0.15) is 0 Å². The van der Waals surface area contributed by atoms with Crippen molar-refractivity contribution >= 4 is 5.57 Å². The second-order valence-electron chi connectivity index (χ2n) is 5.94. The first kappa shape index (κ1) is 16.6. The van der Waals surface area contributed by atoms with Gasteiger partial charge in [0.05, 0.1) is 11.7 Å². The van der Waals surface area contributed by atoms with Gasteiger partial charge in [0, 0.05) is 19.6 Å². The lowest BCUT2D eigenvalue weighted by Gasteiger charge is -2.28. The number of phenolic OH excluding ortho intramolecular Hbond substituents is 1. The van der Waals surface area contributed by atoms with Gasteiger partial charge in [-0.25, -0.2) is 8.78 Å². The standard InChI is InChI=1S/C19H19F2NO2/c20-16-2-1-3-17(21)19(16)18(24)12-22-10-8-14(9-11-22)13-4-6-15(23)7-5-13/h1-8,18,23-24H,9-12H2. The third kappa shape index (κ3) is 3.63. The number of aliphatic hydroxyl groups excluding tert-OH is 1. The summed E-state index contributed by atoms with van der Waals surface area (Å²) in [6, 6.07) is 10.6. The summed E-state index contributed by atoms with van der Waals surface area (Å²) in [4.78, 5) is 1.96. The zero-order valence-electron chi connectivity index (χ0n) is 13.1. The first-order valence-corrected chi connectivity index (χ1v) is 7.87. The fourth-order valence-electron chi connectivity index (χ4n) is 2.98. The topological polar surface area (TPSA) is 43.7 Å². The first-order valence-electron chi connectivity index (χ1n) is 7.87. The minimum Gasteiger partial charge on any atom is -0.508 e. The molecule has 0 aliphatic carbocycles. The van der Waals surface area contributed by atoms with E-state index < -0.39 is 17.7 Å². The van der Waals surface area contributed by atoms with Gasteiger partial charge in [0.2, 0.25) is 0 Å². The van der Waals surface area contributed by atoms with E-state index in [1.165, 1.54) is 6.07 Å². The molecule has 0 spiro atoms. The fourth-order valence-corrected chi connectivity index (χ4v) is 2.98. The average molecular weight is 331 g/mol. The Morgan fingerprint density at radius 2 is 1.71 bits per heavy atom. The molecule has 5 heteroatoms. The van der Waals surface area contributed by atoms with Crippen LogP contribution < -0.4 is 0 Å². The predicted octanol–water partition coefficient (Wildman–Crippen LogP) is 3.49. The Balaban J connectivity index is 1.65. The lowest BCUT2D eigenvalue weighted by molar-refractivity contribution is 0.112. The van der Waals surface area contributed by atoms with Crippen molar-refractivity contribution in [3.8, 4) is 5.75 Å². The molecular formula is C19H19F2NO2. The lowest BCUT2D eigenvalue weighted by atomic mass is 9.99. The fraction of sp³-hybridized carbons (Fsp3) is 0.263. The Morgan fingerprint density at radius 1 is 1.04 bits per heavy atom. The third-order valence-electron chi connectivity index (χ3n) is 4.30. The second-order valence-corrected chi connectivity index (χ2v) is 5.94. The number of nitrogens with zero attached hydrogens (tertiary/aromatic N) is 1. The van der Waals surface area contributed by atoms with Crippen molar-refractivity contribution in [1.29, 1.82) is 0 Å². The smallest absolute Gasteiger partial charge is 0.131 e. The van der Waals surface area contributed by atoms with Gasteiger partial charge in [-0.1, -0.05) is 24.3 Å². The largest absolute Gasteiger partial charge is 0.508 e. The molecule has 0 bridgehead atoms. The van der Waals surface area contributed by atoms with Crippen LogP contribution >= 0.6 is 0 Å². The molecule has 1 unspecified atom stereocenters. The van der Waals surface area contributed by atoms with Crippen molar-refractivity contribution in [1.82, 2.24) is 4.90 Å². The van der Waals surface area contributed by atoms with Crippen LogP contribution in [-0.2, 0) is 0 Å². The van der Waals surface area contributed by atoms with Gasteiger partial charge in [-0.05, 0) is 41.8 Å². The highest BCUT2D eigenvalue weighted by molar-refractivity contribution is 5.67. The van der Waals surface area contributed by atoms with E-state index in [1.54, 1.807) is 12.1 Å². The molecule has 126 valence electrons. The maximum absolute atomic E-state index is 13.7. The highest BCUT2D eigenvalue weighted by Crippen LogP contribution is 2.26. The van der Waals surface area contributed by atoms with Crippen LogP contribution in [0.1, 0.15) is 23.7 Å².